The summed E-state index contributed by atoms with van der Waals surface area (Å²) in [6.45, 7) is 4.03. The van der Waals surface area contributed by atoms with Gasteiger partial charge in [0, 0.05) is 13.0 Å². The Morgan fingerprint density at radius 2 is 2.36 bits per heavy atom. The van der Waals surface area contributed by atoms with E-state index < -0.39 is 0 Å². The molecule has 2 fully saturated rings. The maximum Gasteiger partial charge on any atom is 0.0965 e. The van der Waals surface area contributed by atoms with Crippen LogP contribution in [0.25, 0.3) is 0 Å². The van der Waals surface area contributed by atoms with Gasteiger partial charge >= 0.3 is 0 Å². The molecule has 0 saturated carbocycles. The van der Waals surface area contributed by atoms with Crippen LogP contribution in [0.15, 0.2) is 0 Å². The molecule has 2 atom stereocenters. The number of fused-ring (bicyclic) bond motifs is 1. The monoisotopic (exact) mass is 156 g/mol. The first-order valence-corrected chi connectivity index (χ1v) is 4.63. The zero-order valence-electron chi connectivity index (χ0n) is 7.14. The Kier molecular flexibility index (Phi) is 1.90. The van der Waals surface area contributed by atoms with Crippen molar-refractivity contribution in [3.05, 3.63) is 0 Å². The molecule has 11 heavy (non-hydrogen) atoms. The number of hydrogen-bond donors (Lipinski definition) is 0. The maximum absolute atomic E-state index is 5.78. The molecule has 64 valence electrons. The van der Waals surface area contributed by atoms with Crippen molar-refractivity contribution in [2.75, 3.05) is 13.2 Å². The van der Waals surface area contributed by atoms with E-state index in [1.165, 1.54) is 12.8 Å². The van der Waals surface area contributed by atoms with E-state index in [-0.39, 0.29) is 5.60 Å². The molecule has 2 aliphatic rings. The predicted octanol–water partition coefficient (Wildman–Crippen LogP) is 1.73. The standard InChI is InChI=1S/C9H16O2/c1-2-4-9-5-7-10-8(9)3-6-11-9/h8H,2-7H2,1H3. The van der Waals surface area contributed by atoms with Crippen molar-refractivity contribution in [3.8, 4) is 0 Å². The van der Waals surface area contributed by atoms with E-state index in [0.29, 0.717) is 6.10 Å². The van der Waals surface area contributed by atoms with E-state index in [9.17, 15) is 0 Å². The molecular weight excluding hydrogens is 140 g/mol. The van der Waals surface area contributed by atoms with E-state index in [1.54, 1.807) is 0 Å². The Labute approximate surface area is 67.9 Å². The molecule has 0 aromatic carbocycles. The zero-order valence-corrected chi connectivity index (χ0v) is 7.14. The average Bonchev–Trinajstić information content (AvgIpc) is 2.45. The molecular formula is C9H16O2. The van der Waals surface area contributed by atoms with Crippen molar-refractivity contribution in [1.29, 1.82) is 0 Å². The molecule has 2 rings (SSSR count). The highest BCUT2D eigenvalue weighted by molar-refractivity contribution is 4.97. The molecule has 0 N–H and O–H groups in total. The molecule has 0 bridgehead atoms. The van der Waals surface area contributed by atoms with Crippen LogP contribution in [-0.2, 0) is 9.47 Å². The summed E-state index contributed by atoms with van der Waals surface area (Å²) < 4.78 is 11.4. The van der Waals surface area contributed by atoms with Gasteiger partial charge in [0.2, 0.25) is 0 Å². The minimum Gasteiger partial charge on any atom is -0.375 e. The SMILES string of the molecule is CCCC12CCOC1CCO2. The van der Waals surface area contributed by atoms with Gasteiger partial charge in [-0.1, -0.05) is 13.3 Å². The fourth-order valence-corrected chi connectivity index (χ4v) is 2.35. The quantitative estimate of drug-likeness (QED) is 0.606. The number of ether oxygens (including phenoxy) is 2. The highest BCUT2D eigenvalue weighted by Crippen LogP contribution is 2.40. The fraction of sp³-hybridized carbons (Fsp3) is 1.00. The molecule has 2 heterocycles. The largest absolute Gasteiger partial charge is 0.375 e. The van der Waals surface area contributed by atoms with Crippen molar-refractivity contribution >= 4 is 0 Å². The van der Waals surface area contributed by atoms with Crippen molar-refractivity contribution in [2.24, 2.45) is 0 Å². The Morgan fingerprint density at radius 3 is 3.18 bits per heavy atom. The third kappa shape index (κ3) is 1.09. The minimum atomic E-state index is 0.134. The molecule has 2 nitrogen and oxygen atoms in total. The lowest BCUT2D eigenvalue weighted by atomic mass is 9.91. The van der Waals surface area contributed by atoms with Crippen LogP contribution in [0.2, 0.25) is 0 Å². The second-order valence-electron chi connectivity index (χ2n) is 3.56. The van der Waals surface area contributed by atoms with Crippen LogP contribution in [0, 0.1) is 0 Å². The average molecular weight is 156 g/mol. The summed E-state index contributed by atoms with van der Waals surface area (Å²) in [6, 6.07) is 0. The van der Waals surface area contributed by atoms with Gasteiger partial charge in [-0.15, -0.1) is 0 Å². The van der Waals surface area contributed by atoms with Crippen LogP contribution in [0.5, 0.6) is 0 Å². The van der Waals surface area contributed by atoms with Gasteiger partial charge in [-0.25, -0.2) is 0 Å². The lowest BCUT2D eigenvalue weighted by Gasteiger charge is -2.25. The number of rotatable bonds is 2. The summed E-state index contributed by atoms with van der Waals surface area (Å²) >= 11 is 0. The summed E-state index contributed by atoms with van der Waals surface area (Å²) in [5, 5.41) is 0. The van der Waals surface area contributed by atoms with Gasteiger partial charge in [0.25, 0.3) is 0 Å². The predicted molar refractivity (Wildman–Crippen MR) is 42.6 cm³/mol. The molecule has 0 spiro atoms. The third-order valence-corrected chi connectivity index (χ3v) is 2.87. The zero-order chi connectivity index (χ0) is 7.73. The molecule has 2 aliphatic heterocycles. The van der Waals surface area contributed by atoms with Crippen LogP contribution in [-0.4, -0.2) is 24.9 Å². The molecule has 0 aromatic heterocycles. The normalized spacial score (nSPS) is 42.8. The van der Waals surface area contributed by atoms with Gasteiger partial charge in [0.1, 0.15) is 0 Å². The molecule has 0 amide bonds. The van der Waals surface area contributed by atoms with E-state index in [4.69, 9.17) is 9.47 Å². The van der Waals surface area contributed by atoms with Gasteiger partial charge in [0.15, 0.2) is 0 Å². The second kappa shape index (κ2) is 2.76. The van der Waals surface area contributed by atoms with E-state index in [0.717, 1.165) is 26.1 Å². The van der Waals surface area contributed by atoms with E-state index in [2.05, 4.69) is 6.92 Å². The van der Waals surface area contributed by atoms with E-state index >= 15 is 0 Å². The second-order valence-corrected chi connectivity index (χ2v) is 3.56. The highest BCUT2D eigenvalue weighted by Gasteiger charge is 2.47. The fourth-order valence-electron chi connectivity index (χ4n) is 2.35. The Morgan fingerprint density at radius 1 is 1.45 bits per heavy atom. The molecule has 0 aromatic rings. The van der Waals surface area contributed by atoms with Crippen LogP contribution >= 0.6 is 0 Å². The van der Waals surface area contributed by atoms with Crippen molar-refractivity contribution < 1.29 is 9.47 Å². The highest BCUT2D eigenvalue weighted by atomic mass is 16.6. The summed E-state index contributed by atoms with van der Waals surface area (Å²) in [5.41, 5.74) is 0.134. The molecule has 2 saturated heterocycles. The van der Waals surface area contributed by atoms with Crippen LogP contribution in [0.3, 0.4) is 0 Å². The summed E-state index contributed by atoms with van der Waals surface area (Å²) in [7, 11) is 0. The third-order valence-electron chi connectivity index (χ3n) is 2.87. The molecule has 2 unspecified atom stereocenters. The first-order chi connectivity index (χ1) is 5.37. The summed E-state index contributed by atoms with van der Waals surface area (Å²) in [6.07, 6.45) is 5.03. The Balaban J connectivity index is 2.07. The maximum atomic E-state index is 5.78. The van der Waals surface area contributed by atoms with Gasteiger partial charge in [-0.2, -0.15) is 0 Å². The summed E-state index contributed by atoms with van der Waals surface area (Å²) in [5.74, 6) is 0. The lowest BCUT2D eigenvalue weighted by molar-refractivity contribution is -0.0273. The smallest absolute Gasteiger partial charge is 0.0965 e. The van der Waals surface area contributed by atoms with Crippen LogP contribution in [0.4, 0.5) is 0 Å². The van der Waals surface area contributed by atoms with Crippen molar-refractivity contribution in [1.82, 2.24) is 0 Å². The Hall–Kier alpha value is -0.0800. The molecule has 0 radical (unpaired) electrons. The van der Waals surface area contributed by atoms with Gasteiger partial charge in [-0.3, -0.25) is 0 Å². The molecule has 2 heteroatoms. The summed E-state index contributed by atoms with van der Waals surface area (Å²) in [4.78, 5) is 0. The Bertz CT molecular complexity index is 134. The first kappa shape index (κ1) is 7.56. The van der Waals surface area contributed by atoms with E-state index in [1.807, 2.05) is 0 Å². The minimum absolute atomic E-state index is 0.134. The van der Waals surface area contributed by atoms with Gasteiger partial charge < -0.3 is 9.47 Å². The van der Waals surface area contributed by atoms with Crippen LogP contribution < -0.4 is 0 Å². The van der Waals surface area contributed by atoms with Gasteiger partial charge in [0.05, 0.1) is 18.3 Å². The van der Waals surface area contributed by atoms with Crippen molar-refractivity contribution in [2.45, 2.75) is 44.3 Å². The molecule has 0 aliphatic carbocycles. The van der Waals surface area contributed by atoms with Crippen molar-refractivity contribution in [3.63, 3.8) is 0 Å². The number of hydrogen-bond acceptors (Lipinski definition) is 2. The van der Waals surface area contributed by atoms with Crippen LogP contribution in [0.1, 0.15) is 32.6 Å². The first-order valence-electron chi connectivity index (χ1n) is 4.63. The topological polar surface area (TPSA) is 18.5 Å². The van der Waals surface area contributed by atoms with Gasteiger partial charge in [-0.05, 0) is 12.8 Å². The lowest BCUT2D eigenvalue weighted by Crippen LogP contribution is -2.34.